The summed E-state index contributed by atoms with van der Waals surface area (Å²) in [4.78, 5) is 1.30. The van der Waals surface area contributed by atoms with Crippen molar-refractivity contribution in [2.24, 2.45) is 0 Å². The van der Waals surface area contributed by atoms with Crippen molar-refractivity contribution in [3.63, 3.8) is 0 Å². The highest BCUT2D eigenvalue weighted by atomic mass is 32.2. The zero-order valence-corrected chi connectivity index (χ0v) is 35.4. The Morgan fingerprint density at radius 2 is 0.921 bits per heavy atom. The molecule has 1 aliphatic heterocycles. The predicted octanol–water partition coefficient (Wildman–Crippen LogP) is 15.4. The third-order valence-corrected chi connectivity index (χ3v) is 14.8. The van der Waals surface area contributed by atoms with Crippen LogP contribution in [0.4, 0.5) is 5.69 Å². The molecule has 0 fully saturated rings. The maximum atomic E-state index is 3.73. The molecule has 1 aliphatic carbocycles. The SMILES string of the molecule is C1=c2ccccc2=CC(c2c3ccccc3c(-c3ccc4ccccc4c3)c3ccc(-c4c5ccccc5c(-c5ccc(C6Nc7ccccc7S6)cc5)c5ccccc45)cc23)C1. The van der Waals surface area contributed by atoms with Gasteiger partial charge in [0.15, 0.2) is 0 Å². The Balaban J connectivity index is 1.04. The minimum absolute atomic E-state index is 0.197. The topological polar surface area (TPSA) is 12.0 Å². The highest BCUT2D eigenvalue weighted by Gasteiger charge is 2.25. The van der Waals surface area contributed by atoms with Gasteiger partial charge in [-0.15, -0.1) is 0 Å². The molecule has 0 saturated carbocycles. The summed E-state index contributed by atoms with van der Waals surface area (Å²) in [6.45, 7) is 0. The van der Waals surface area contributed by atoms with Crippen LogP contribution in [0.1, 0.15) is 28.8 Å². The van der Waals surface area contributed by atoms with Crippen molar-refractivity contribution in [2.45, 2.75) is 22.6 Å². The Kier molecular flexibility index (Phi) is 8.42. The van der Waals surface area contributed by atoms with Gasteiger partial charge in [0.05, 0.1) is 0 Å². The predicted molar refractivity (Wildman–Crippen MR) is 271 cm³/mol. The lowest BCUT2D eigenvalue weighted by molar-refractivity contribution is 0.940. The molecule has 1 N–H and O–H groups in total. The highest BCUT2D eigenvalue weighted by molar-refractivity contribution is 8.00. The van der Waals surface area contributed by atoms with Gasteiger partial charge in [-0.05, 0) is 139 Å². The van der Waals surface area contributed by atoms with Crippen LogP contribution in [-0.4, -0.2) is 0 Å². The molecular formula is C61H41NS. The van der Waals surface area contributed by atoms with Crippen molar-refractivity contribution >= 4 is 83.5 Å². The third-order valence-electron chi connectivity index (χ3n) is 13.6. The number of para-hydroxylation sites is 1. The second-order valence-electron chi connectivity index (χ2n) is 17.1. The van der Waals surface area contributed by atoms with Gasteiger partial charge in [0.25, 0.3) is 0 Å². The number of fused-ring (bicyclic) bond motifs is 7. The first-order valence-electron chi connectivity index (χ1n) is 22.0. The lowest BCUT2D eigenvalue weighted by Crippen LogP contribution is -2.27. The molecule has 0 bridgehead atoms. The van der Waals surface area contributed by atoms with Crippen LogP contribution >= 0.6 is 11.8 Å². The van der Waals surface area contributed by atoms with E-state index in [0.29, 0.717) is 0 Å². The average Bonchev–Trinajstić information content (AvgIpc) is 3.79. The van der Waals surface area contributed by atoms with E-state index in [4.69, 9.17) is 0 Å². The molecule has 0 aromatic heterocycles. The quantitative estimate of drug-likeness (QED) is 0.174. The van der Waals surface area contributed by atoms with Crippen molar-refractivity contribution in [2.75, 3.05) is 5.32 Å². The Bertz CT molecular complexity index is 3710. The van der Waals surface area contributed by atoms with E-state index in [1.165, 1.54) is 119 Å². The molecule has 11 aromatic carbocycles. The minimum atomic E-state index is 0.197. The minimum Gasteiger partial charge on any atom is -0.368 e. The maximum Gasteiger partial charge on any atom is 0.103 e. The number of nitrogens with one attached hydrogen (secondary N) is 1. The zero-order valence-electron chi connectivity index (χ0n) is 34.6. The Morgan fingerprint density at radius 3 is 1.63 bits per heavy atom. The van der Waals surface area contributed by atoms with Crippen molar-refractivity contribution in [3.8, 4) is 33.4 Å². The lowest BCUT2D eigenvalue weighted by atomic mass is 9.79. The summed E-state index contributed by atoms with van der Waals surface area (Å²) >= 11 is 1.89. The fourth-order valence-corrected chi connectivity index (χ4v) is 11.9. The summed E-state index contributed by atoms with van der Waals surface area (Å²) in [7, 11) is 0. The van der Waals surface area contributed by atoms with Gasteiger partial charge in [0.2, 0.25) is 0 Å². The smallest absolute Gasteiger partial charge is 0.103 e. The van der Waals surface area contributed by atoms with E-state index in [-0.39, 0.29) is 11.3 Å². The Labute approximate surface area is 370 Å². The van der Waals surface area contributed by atoms with Gasteiger partial charge in [-0.3, -0.25) is 0 Å². The number of hydrogen-bond acceptors (Lipinski definition) is 2. The molecule has 11 aromatic rings. The standard InChI is InChI=1S/C61H41NS/c1-3-15-42-35-44(31-25-38(42)13-1)58-51-21-9-10-22-52(51)60(45-32-26-39-14-2-4-16-43(39)36-45)54-37-46(33-34-53(54)58)59-49-19-7-5-17-47(49)57(48-18-6-8-20-50(48)59)40-27-29-41(30-28-40)61-62-55-23-11-12-24-56(55)63-61/h1-31,33-37,45,61-62H,32H2. The van der Waals surface area contributed by atoms with Crippen molar-refractivity contribution < 1.29 is 0 Å². The van der Waals surface area contributed by atoms with Gasteiger partial charge in [-0.2, -0.15) is 0 Å². The molecule has 2 atom stereocenters. The van der Waals surface area contributed by atoms with Crippen LogP contribution in [-0.2, 0) is 0 Å². The first kappa shape index (κ1) is 36.3. The molecule has 63 heavy (non-hydrogen) atoms. The number of anilines is 1. The Morgan fingerprint density at radius 1 is 0.397 bits per heavy atom. The van der Waals surface area contributed by atoms with Crippen molar-refractivity contribution in [1.29, 1.82) is 0 Å². The first-order chi connectivity index (χ1) is 31.2. The third kappa shape index (κ3) is 5.93. The summed E-state index contributed by atoms with van der Waals surface area (Å²) in [5, 5.41) is 19.4. The number of thioether (sulfide) groups is 1. The van der Waals surface area contributed by atoms with E-state index < -0.39 is 0 Å². The first-order valence-corrected chi connectivity index (χ1v) is 22.9. The molecule has 13 rings (SSSR count). The number of benzene rings is 11. The van der Waals surface area contributed by atoms with Crippen LogP contribution in [0.5, 0.6) is 0 Å². The van der Waals surface area contributed by atoms with Gasteiger partial charge in [0, 0.05) is 16.5 Å². The fourth-order valence-electron chi connectivity index (χ4n) is 10.7. The summed E-state index contributed by atoms with van der Waals surface area (Å²) in [5.41, 5.74) is 11.5. The summed E-state index contributed by atoms with van der Waals surface area (Å²) in [5.74, 6) is 0.221. The zero-order chi connectivity index (χ0) is 41.4. The molecule has 296 valence electrons. The second kappa shape index (κ2) is 14.6. The number of rotatable bonds is 5. The molecule has 2 unspecified atom stereocenters. The monoisotopic (exact) mass is 819 g/mol. The van der Waals surface area contributed by atoms with Crippen LogP contribution in [0.3, 0.4) is 0 Å². The van der Waals surface area contributed by atoms with Crippen molar-refractivity contribution in [3.05, 3.63) is 228 Å². The molecule has 2 aliphatic rings. The molecule has 0 spiro atoms. The second-order valence-corrected chi connectivity index (χ2v) is 18.2. The van der Waals surface area contributed by atoms with Gasteiger partial charge >= 0.3 is 0 Å². The van der Waals surface area contributed by atoms with Crippen LogP contribution in [0.2, 0.25) is 0 Å². The van der Waals surface area contributed by atoms with Crippen LogP contribution in [0, 0.1) is 0 Å². The lowest BCUT2D eigenvalue weighted by Gasteiger charge is -2.24. The van der Waals surface area contributed by atoms with E-state index >= 15 is 0 Å². The van der Waals surface area contributed by atoms with Crippen LogP contribution in [0.15, 0.2) is 211 Å². The molecule has 0 saturated heterocycles. The van der Waals surface area contributed by atoms with E-state index in [9.17, 15) is 0 Å². The van der Waals surface area contributed by atoms with Gasteiger partial charge < -0.3 is 5.32 Å². The average molecular weight is 820 g/mol. The largest absolute Gasteiger partial charge is 0.368 e. The normalized spacial score (nSPS) is 15.6. The van der Waals surface area contributed by atoms with Crippen LogP contribution < -0.4 is 15.8 Å². The van der Waals surface area contributed by atoms with E-state index in [2.05, 4.69) is 224 Å². The van der Waals surface area contributed by atoms with Gasteiger partial charge in [-0.25, -0.2) is 0 Å². The molecular weight excluding hydrogens is 779 g/mol. The molecule has 1 nitrogen and oxygen atoms in total. The van der Waals surface area contributed by atoms with E-state index in [1.54, 1.807) is 0 Å². The van der Waals surface area contributed by atoms with Crippen LogP contribution in [0.25, 0.3) is 99.4 Å². The van der Waals surface area contributed by atoms with Gasteiger partial charge in [0.1, 0.15) is 5.37 Å². The molecule has 0 radical (unpaired) electrons. The van der Waals surface area contributed by atoms with E-state index in [1.807, 2.05) is 11.8 Å². The summed E-state index contributed by atoms with van der Waals surface area (Å²) in [6.07, 6.45) is 5.91. The molecule has 0 amide bonds. The Hall–Kier alpha value is -7.39. The molecule has 1 heterocycles. The van der Waals surface area contributed by atoms with E-state index in [0.717, 1.165) is 6.42 Å². The maximum absolute atomic E-state index is 3.73. The number of hydrogen-bond donors (Lipinski definition) is 1. The van der Waals surface area contributed by atoms with Crippen molar-refractivity contribution in [1.82, 2.24) is 0 Å². The fraction of sp³-hybridized carbons (Fsp3) is 0.0492. The van der Waals surface area contributed by atoms with Gasteiger partial charge in [-0.1, -0.05) is 206 Å². The highest BCUT2D eigenvalue weighted by Crippen LogP contribution is 2.50. The molecule has 2 heteroatoms. The summed E-state index contributed by atoms with van der Waals surface area (Å²) in [6, 6.07) is 77.0. The summed E-state index contributed by atoms with van der Waals surface area (Å²) < 4.78 is 0.